The number of hydrogen-bond acceptors (Lipinski definition) is 3. The van der Waals surface area contributed by atoms with Gasteiger partial charge in [0.15, 0.2) is 0 Å². The molecule has 2 amide bonds. The van der Waals surface area contributed by atoms with Crippen LogP contribution >= 0.6 is 11.6 Å². The summed E-state index contributed by atoms with van der Waals surface area (Å²) in [5.41, 5.74) is 2.86. The molecule has 3 rings (SSSR count). The van der Waals surface area contributed by atoms with E-state index < -0.39 is 11.8 Å². The third-order valence-corrected chi connectivity index (χ3v) is 4.79. The van der Waals surface area contributed by atoms with E-state index >= 15 is 0 Å². The maximum atomic E-state index is 12.4. The molecule has 1 aliphatic rings. The van der Waals surface area contributed by atoms with Crippen molar-refractivity contribution >= 4 is 34.8 Å². The third-order valence-electron chi connectivity index (χ3n) is 4.55. The number of piperazine rings is 1. The Hall–Kier alpha value is -2.53. The van der Waals surface area contributed by atoms with Gasteiger partial charge in [-0.15, -0.1) is 0 Å². The fourth-order valence-electron chi connectivity index (χ4n) is 2.99. The zero-order valence-electron chi connectivity index (χ0n) is 14.7. The van der Waals surface area contributed by atoms with Crippen LogP contribution in [0.1, 0.15) is 12.5 Å². The molecule has 1 aliphatic heterocycles. The van der Waals surface area contributed by atoms with Crippen LogP contribution in [0, 0.1) is 0 Å². The first-order valence-electron chi connectivity index (χ1n) is 8.76. The maximum Gasteiger partial charge on any atom is 0.313 e. The highest BCUT2D eigenvalue weighted by molar-refractivity contribution is 6.39. The molecule has 1 saturated heterocycles. The lowest BCUT2D eigenvalue weighted by molar-refractivity contribution is -0.143. The number of rotatable bonds is 3. The van der Waals surface area contributed by atoms with Crippen molar-refractivity contribution in [3.05, 3.63) is 59.1 Å². The van der Waals surface area contributed by atoms with E-state index in [1.165, 1.54) is 5.56 Å². The Bertz CT molecular complexity index is 784. The largest absolute Gasteiger partial charge is 0.368 e. The summed E-state index contributed by atoms with van der Waals surface area (Å²) in [5.74, 6) is -1.08. The van der Waals surface area contributed by atoms with E-state index in [0.717, 1.165) is 12.1 Å². The highest BCUT2D eigenvalue weighted by Crippen LogP contribution is 2.21. The molecule has 0 unspecified atom stereocenters. The minimum atomic E-state index is -0.592. The summed E-state index contributed by atoms with van der Waals surface area (Å²) >= 11 is 6.04. The molecule has 2 aromatic rings. The van der Waals surface area contributed by atoms with E-state index in [0.29, 0.717) is 36.9 Å². The summed E-state index contributed by atoms with van der Waals surface area (Å²) in [6, 6.07) is 15.2. The predicted octanol–water partition coefficient (Wildman–Crippen LogP) is 3.19. The van der Waals surface area contributed by atoms with Gasteiger partial charge in [0.25, 0.3) is 0 Å². The molecule has 1 N–H and O–H groups in total. The van der Waals surface area contributed by atoms with Gasteiger partial charge < -0.3 is 15.1 Å². The molecule has 26 heavy (non-hydrogen) atoms. The van der Waals surface area contributed by atoms with Gasteiger partial charge >= 0.3 is 11.8 Å². The van der Waals surface area contributed by atoms with Crippen LogP contribution in [0.25, 0.3) is 0 Å². The summed E-state index contributed by atoms with van der Waals surface area (Å²) in [5, 5.41) is 3.37. The Balaban J connectivity index is 1.54. The van der Waals surface area contributed by atoms with E-state index in [9.17, 15) is 9.59 Å². The summed E-state index contributed by atoms with van der Waals surface area (Å²) in [6.45, 7) is 4.43. The molecule has 6 heteroatoms. The van der Waals surface area contributed by atoms with Crippen molar-refractivity contribution in [1.29, 1.82) is 0 Å². The number of carbonyl (C=O) groups excluding carboxylic acids is 2. The summed E-state index contributed by atoms with van der Waals surface area (Å²) in [6.07, 6.45) is 0.935. The molecule has 1 fully saturated rings. The van der Waals surface area contributed by atoms with Crippen molar-refractivity contribution < 1.29 is 9.59 Å². The third kappa shape index (κ3) is 4.35. The first-order valence-corrected chi connectivity index (χ1v) is 9.14. The van der Waals surface area contributed by atoms with Crippen LogP contribution in [0.3, 0.4) is 0 Å². The number of aryl methyl sites for hydroxylation is 1. The zero-order chi connectivity index (χ0) is 18.5. The van der Waals surface area contributed by atoms with Crippen LogP contribution in [0.5, 0.6) is 0 Å². The average molecular weight is 372 g/mol. The van der Waals surface area contributed by atoms with Crippen molar-refractivity contribution in [3.8, 4) is 0 Å². The molecule has 0 bridgehead atoms. The van der Waals surface area contributed by atoms with E-state index in [1.54, 1.807) is 4.90 Å². The Morgan fingerprint density at radius 1 is 1.04 bits per heavy atom. The number of hydrogen-bond donors (Lipinski definition) is 1. The van der Waals surface area contributed by atoms with Crippen LogP contribution in [0.4, 0.5) is 11.4 Å². The lowest BCUT2D eigenvalue weighted by Crippen LogP contribution is -2.51. The number of benzene rings is 2. The number of amides is 2. The quantitative estimate of drug-likeness (QED) is 0.843. The second-order valence-corrected chi connectivity index (χ2v) is 6.70. The van der Waals surface area contributed by atoms with Gasteiger partial charge in [0.05, 0.1) is 0 Å². The molecule has 0 aromatic heterocycles. The van der Waals surface area contributed by atoms with Gasteiger partial charge in [0.1, 0.15) is 0 Å². The maximum absolute atomic E-state index is 12.4. The van der Waals surface area contributed by atoms with Crippen LogP contribution in [-0.2, 0) is 16.0 Å². The standard InChI is InChI=1S/C20H22ClN3O2/c1-2-15-6-8-17(9-7-15)22-19(25)20(26)24-12-10-23(11-13-24)18-5-3-4-16(21)14-18/h3-9,14H,2,10-13H2,1H3,(H,22,25). The van der Waals surface area contributed by atoms with Gasteiger partial charge in [0.2, 0.25) is 0 Å². The molecule has 0 aliphatic carbocycles. The summed E-state index contributed by atoms with van der Waals surface area (Å²) in [4.78, 5) is 28.4. The Kier molecular flexibility index (Phi) is 5.78. The molecule has 0 atom stereocenters. The molecule has 0 radical (unpaired) electrons. The van der Waals surface area contributed by atoms with Crippen LogP contribution < -0.4 is 10.2 Å². The summed E-state index contributed by atoms with van der Waals surface area (Å²) in [7, 11) is 0. The average Bonchev–Trinajstić information content (AvgIpc) is 2.68. The van der Waals surface area contributed by atoms with Gasteiger partial charge in [-0.2, -0.15) is 0 Å². The Morgan fingerprint density at radius 3 is 2.35 bits per heavy atom. The predicted molar refractivity (Wildman–Crippen MR) is 105 cm³/mol. The summed E-state index contributed by atoms with van der Waals surface area (Å²) < 4.78 is 0. The van der Waals surface area contributed by atoms with Crippen molar-refractivity contribution in [2.75, 3.05) is 36.4 Å². The van der Waals surface area contributed by atoms with Gasteiger partial charge in [-0.1, -0.05) is 36.7 Å². The lowest BCUT2D eigenvalue weighted by Gasteiger charge is -2.35. The Morgan fingerprint density at radius 2 is 1.73 bits per heavy atom. The lowest BCUT2D eigenvalue weighted by atomic mass is 10.1. The van der Waals surface area contributed by atoms with E-state index in [4.69, 9.17) is 11.6 Å². The number of nitrogens with zero attached hydrogens (tertiary/aromatic N) is 2. The smallest absolute Gasteiger partial charge is 0.313 e. The van der Waals surface area contributed by atoms with Gasteiger partial charge in [-0.25, -0.2) is 0 Å². The van der Waals surface area contributed by atoms with E-state index in [1.807, 2.05) is 48.5 Å². The number of nitrogens with one attached hydrogen (secondary N) is 1. The zero-order valence-corrected chi connectivity index (χ0v) is 15.5. The SMILES string of the molecule is CCc1ccc(NC(=O)C(=O)N2CCN(c3cccc(Cl)c3)CC2)cc1. The van der Waals surface area contributed by atoms with Gasteiger partial charge in [-0.3, -0.25) is 9.59 Å². The first kappa shape index (κ1) is 18.3. The van der Waals surface area contributed by atoms with E-state index in [2.05, 4.69) is 17.1 Å². The molecule has 5 nitrogen and oxygen atoms in total. The minimum absolute atomic E-state index is 0.490. The molecule has 0 saturated carbocycles. The fourth-order valence-corrected chi connectivity index (χ4v) is 3.18. The van der Waals surface area contributed by atoms with E-state index in [-0.39, 0.29) is 0 Å². The second kappa shape index (κ2) is 8.23. The molecular formula is C20H22ClN3O2. The van der Waals surface area contributed by atoms with Crippen molar-refractivity contribution in [3.63, 3.8) is 0 Å². The number of anilines is 2. The van der Waals surface area contributed by atoms with Gasteiger partial charge in [-0.05, 0) is 42.3 Å². The van der Waals surface area contributed by atoms with Crippen molar-refractivity contribution in [1.82, 2.24) is 4.90 Å². The first-order chi connectivity index (χ1) is 12.6. The van der Waals surface area contributed by atoms with Crippen LogP contribution in [0.2, 0.25) is 5.02 Å². The highest BCUT2D eigenvalue weighted by atomic mass is 35.5. The molecule has 2 aromatic carbocycles. The molecular weight excluding hydrogens is 350 g/mol. The van der Waals surface area contributed by atoms with Crippen LogP contribution in [0.15, 0.2) is 48.5 Å². The Labute approximate surface area is 158 Å². The monoisotopic (exact) mass is 371 g/mol. The topological polar surface area (TPSA) is 52.7 Å². The molecule has 0 spiro atoms. The van der Waals surface area contributed by atoms with Gasteiger partial charge in [0, 0.05) is 42.6 Å². The highest BCUT2D eigenvalue weighted by Gasteiger charge is 2.26. The number of carbonyl (C=O) groups is 2. The number of halogens is 1. The van der Waals surface area contributed by atoms with Crippen molar-refractivity contribution in [2.24, 2.45) is 0 Å². The van der Waals surface area contributed by atoms with Crippen LogP contribution in [-0.4, -0.2) is 42.9 Å². The van der Waals surface area contributed by atoms with Crippen molar-refractivity contribution in [2.45, 2.75) is 13.3 Å². The molecule has 1 heterocycles. The second-order valence-electron chi connectivity index (χ2n) is 6.26. The minimum Gasteiger partial charge on any atom is -0.368 e. The fraction of sp³-hybridized carbons (Fsp3) is 0.300. The normalized spacial score (nSPS) is 14.2. The molecule has 136 valence electrons.